The molecule has 0 radical (unpaired) electrons. The Hall–Kier alpha value is -2.60. The highest BCUT2D eigenvalue weighted by Crippen LogP contribution is 2.17. The summed E-state index contributed by atoms with van der Waals surface area (Å²) < 4.78 is 19.1. The lowest BCUT2D eigenvalue weighted by Gasteiger charge is -2.28. The van der Waals surface area contributed by atoms with Crippen molar-refractivity contribution in [3.8, 4) is 5.75 Å². The van der Waals surface area contributed by atoms with Crippen molar-refractivity contribution in [3.63, 3.8) is 0 Å². The average Bonchev–Trinajstić information content (AvgIpc) is 2.71. The van der Waals surface area contributed by atoms with Crippen LogP contribution in [0.15, 0.2) is 48.5 Å². The third kappa shape index (κ3) is 7.06. The van der Waals surface area contributed by atoms with Crippen LogP contribution in [0.3, 0.4) is 0 Å². The Kier molecular flexibility index (Phi) is 8.93. The summed E-state index contributed by atoms with van der Waals surface area (Å²) in [4.78, 5) is 26.8. The van der Waals surface area contributed by atoms with E-state index in [1.165, 1.54) is 23.1 Å². The second-order valence-electron chi connectivity index (χ2n) is 6.69. The van der Waals surface area contributed by atoms with E-state index in [-0.39, 0.29) is 24.8 Å². The molecule has 0 spiro atoms. The monoisotopic (exact) mass is 420 g/mol. The quantitative estimate of drug-likeness (QED) is 0.586. The number of benzene rings is 2. The van der Waals surface area contributed by atoms with E-state index in [1.54, 1.807) is 31.2 Å². The largest absolute Gasteiger partial charge is 0.481 e. The molecule has 0 aliphatic rings. The zero-order valence-electron chi connectivity index (χ0n) is 16.7. The van der Waals surface area contributed by atoms with Gasteiger partial charge in [0, 0.05) is 18.1 Å². The van der Waals surface area contributed by atoms with Crippen LogP contribution >= 0.6 is 11.6 Å². The van der Waals surface area contributed by atoms with E-state index >= 15 is 0 Å². The molecule has 0 heterocycles. The van der Waals surface area contributed by atoms with Crippen LogP contribution in [0.1, 0.15) is 32.3 Å². The molecule has 2 aromatic rings. The van der Waals surface area contributed by atoms with E-state index in [2.05, 4.69) is 5.32 Å². The Morgan fingerprint density at radius 2 is 1.97 bits per heavy atom. The van der Waals surface area contributed by atoms with Gasteiger partial charge in [0.2, 0.25) is 5.91 Å². The number of carbonyl (C=O) groups is 2. The van der Waals surface area contributed by atoms with E-state index in [0.717, 1.165) is 18.4 Å². The van der Waals surface area contributed by atoms with Gasteiger partial charge in [-0.15, -0.1) is 0 Å². The molecule has 5 nitrogen and oxygen atoms in total. The fraction of sp³-hybridized carbons (Fsp3) is 0.364. The summed E-state index contributed by atoms with van der Waals surface area (Å²) in [5.41, 5.74) is 0.782. The molecule has 0 aromatic heterocycles. The van der Waals surface area contributed by atoms with Gasteiger partial charge in [-0.2, -0.15) is 0 Å². The Bertz CT molecular complexity index is 831. The topological polar surface area (TPSA) is 58.6 Å². The van der Waals surface area contributed by atoms with Crippen LogP contribution in [-0.4, -0.2) is 35.9 Å². The highest BCUT2D eigenvalue weighted by molar-refractivity contribution is 6.30. The average molecular weight is 421 g/mol. The molecule has 1 N–H and O–H groups in total. The maximum Gasteiger partial charge on any atom is 0.261 e. The summed E-state index contributed by atoms with van der Waals surface area (Å²) >= 11 is 6.04. The molecular formula is C22H26ClFN2O3. The Morgan fingerprint density at radius 3 is 2.66 bits per heavy atom. The SMILES string of the molecule is CCCCNC(=O)C(C)N(Cc1cccc(Cl)c1)C(=O)COc1ccccc1F. The van der Waals surface area contributed by atoms with Crippen LogP contribution in [0.4, 0.5) is 4.39 Å². The smallest absolute Gasteiger partial charge is 0.261 e. The summed E-state index contributed by atoms with van der Waals surface area (Å²) in [5, 5.41) is 3.38. The highest BCUT2D eigenvalue weighted by Gasteiger charge is 2.26. The number of ether oxygens (including phenoxy) is 1. The molecule has 29 heavy (non-hydrogen) atoms. The molecule has 0 saturated carbocycles. The van der Waals surface area contributed by atoms with E-state index in [9.17, 15) is 14.0 Å². The first-order chi connectivity index (χ1) is 13.9. The van der Waals surface area contributed by atoms with Gasteiger partial charge in [0.05, 0.1) is 0 Å². The van der Waals surface area contributed by atoms with Gasteiger partial charge in [0.15, 0.2) is 18.2 Å². The molecule has 0 aliphatic carbocycles. The lowest BCUT2D eigenvalue weighted by Crippen LogP contribution is -2.49. The summed E-state index contributed by atoms with van der Waals surface area (Å²) in [6.07, 6.45) is 1.81. The number of hydrogen-bond donors (Lipinski definition) is 1. The van der Waals surface area contributed by atoms with Gasteiger partial charge in [0.25, 0.3) is 5.91 Å². The van der Waals surface area contributed by atoms with Crippen molar-refractivity contribution in [2.75, 3.05) is 13.2 Å². The molecule has 7 heteroatoms. The van der Waals surface area contributed by atoms with Crippen molar-refractivity contribution in [1.29, 1.82) is 0 Å². The van der Waals surface area contributed by atoms with Gasteiger partial charge in [-0.3, -0.25) is 9.59 Å². The second-order valence-corrected chi connectivity index (χ2v) is 7.13. The molecule has 0 aliphatic heterocycles. The fourth-order valence-corrected chi connectivity index (χ4v) is 2.95. The first-order valence-electron chi connectivity index (χ1n) is 9.61. The minimum atomic E-state index is -0.720. The lowest BCUT2D eigenvalue weighted by molar-refractivity contribution is -0.142. The van der Waals surface area contributed by atoms with Gasteiger partial charge in [0.1, 0.15) is 6.04 Å². The zero-order valence-corrected chi connectivity index (χ0v) is 17.4. The van der Waals surface area contributed by atoms with Crippen LogP contribution in [0, 0.1) is 5.82 Å². The number of carbonyl (C=O) groups excluding carboxylic acids is 2. The molecule has 2 aromatic carbocycles. The summed E-state index contributed by atoms with van der Waals surface area (Å²) in [7, 11) is 0. The van der Waals surface area contributed by atoms with Gasteiger partial charge < -0.3 is 15.0 Å². The number of amides is 2. The second kappa shape index (κ2) is 11.4. The number of nitrogens with one attached hydrogen (secondary N) is 1. The standard InChI is InChI=1S/C22H26ClFN2O3/c1-3-4-12-25-22(28)16(2)26(14-17-8-7-9-18(23)13-17)21(27)15-29-20-11-6-5-10-19(20)24/h5-11,13,16H,3-4,12,14-15H2,1-2H3,(H,25,28). The molecular weight excluding hydrogens is 395 g/mol. The van der Waals surface area contributed by atoms with Gasteiger partial charge >= 0.3 is 0 Å². The number of halogens is 2. The fourth-order valence-electron chi connectivity index (χ4n) is 2.73. The van der Waals surface area contributed by atoms with Crippen LogP contribution in [0.25, 0.3) is 0 Å². The number of hydrogen-bond acceptors (Lipinski definition) is 3. The molecule has 1 unspecified atom stereocenters. The Morgan fingerprint density at radius 1 is 1.21 bits per heavy atom. The van der Waals surface area contributed by atoms with Gasteiger partial charge in [-0.1, -0.05) is 49.2 Å². The first-order valence-corrected chi connectivity index (χ1v) is 9.99. The van der Waals surface area contributed by atoms with Crippen LogP contribution in [-0.2, 0) is 16.1 Å². The first kappa shape index (κ1) is 22.7. The molecule has 156 valence electrons. The van der Waals surface area contributed by atoms with Crippen LogP contribution in [0.2, 0.25) is 5.02 Å². The summed E-state index contributed by atoms with van der Waals surface area (Å²) in [6.45, 7) is 4.04. The van der Waals surface area contributed by atoms with Crippen molar-refractivity contribution in [2.45, 2.75) is 39.3 Å². The number of para-hydroxylation sites is 1. The normalized spacial score (nSPS) is 11.6. The number of nitrogens with zero attached hydrogens (tertiary/aromatic N) is 1. The van der Waals surface area contributed by atoms with Crippen LogP contribution < -0.4 is 10.1 Å². The number of rotatable bonds is 10. The molecule has 0 bridgehead atoms. The van der Waals surface area contributed by atoms with E-state index < -0.39 is 17.8 Å². The van der Waals surface area contributed by atoms with Crippen molar-refractivity contribution >= 4 is 23.4 Å². The maximum absolute atomic E-state index is 13.8. The third-order valence-electron chi connectivity index (χ3n) is 4.43. The lowest BCUT2D eigenvalue weighted by atomic mass is 10.1. The number of unbranched alkanes of at least 4 members (excludes halogenated alkanes) is 1. The van der Waals surface area contributed by atoms with Crippen molar-refractivity contribution < 1.29 is 18.7 Å². The van der Waals surface area contributed by atoms with Crippen LogP contribution in [0.5, 0.6) is 5.75 Å². The van der Waals surface area contributed by atoms with E-state index in [0.29, 0.717) is 11.6 Å². The molecule has 1 atom stereocenters. The molecule has 0 saturated heterocycles. The Labute approximate surface area is 175 Å². The van der Waals surface area contributed by atoms with Crippen molar-refractivity contribution in [1.82, 2.24) is 10.2 Å². The minimum Gasteiger partial charge on any atom is -0.481 e. The predicted octanol–water partition coefficient (Wildman–Crippen LogP) is 4.19. The Balaban J connectivity index is 2.12. The molecule has 2 rings (SSSR count). The maximum atomic E-state index is 13.8. The third-order valence-corrected chi connectivity index (χ3v) is 4.66. The van der Waals surface area contributed by atoms with Gasteiger partial charge in [-0.05, 0) is 43.2 Å². The molecule has 0 fully saturated rings. The highest BCUT2D eigenvalue weighted by atomic mass is 35.5. The molecule has 2 amide bonds. The minimum absolute atomic E-state index is 0.0106. The summed E-state index contributed by atoms with van der Waals surface area (Å²) in [5.74, 6) is -1.23. The predicted molar refractivity (Wildman–Crippen MR) is 111 cm³/mol. The van der Waals surface area contributed by atoms with E-state index in [1.807, 2.05) is 13.0 Å². The zero-order chi connectivity index (χ0) is 21.2. The summed E-state index contributed by atoms with van der Waals surface area (Å²) in [6, 6.07) is 12.2. The van der Waals surface area contributed by atoms with Gasteiger partial charge in [-0.25, -0.2) is 4.39 Å². The van der Waals surface area contributed by atoms with E-state index in [4.69, 9.17) is 16.3 Å². The van der Waals surface area contributed by atoms with Crippen molar-refractivity contribution in [3.05, 3.63) is 64.9 Å². The van der Waals surface area contributed by atoms with Crippen molar-refractivity contribution in [2.24, 2.45) is 0 Å².